The molecule has 0 saturated carbocycles. The number of halogens is 1. The van der Waals surface area contributed by atoms with Crippen molar-refractivity contribution < 1.29 is 4.39 Å². The maximum Gasteiger partial charge on any atom is 0.147 e. The van der Waals surface area contributed by atoms with Gasteiger partial charge in [-0.25, -0.2) is 4.39 Å². The molecule has 1 aliphatic heterocycles. The van der Waals surface area contributed by atoms with Crippen LogP contribution in [0.1, 0.15) is 12.5 Å². The molecule has 0 atom stereocenters. The fraction of sp³-hybridized carbons (Fsp3) is 0.429. The maximum atomic E-state index is 14.0. The summed E-state index contributed by atoms with van der Waals surface area (Å²) in [5, 5.41) is 0. The van der Waals surface area contributed by atoms with E-state index in [1.807, 2.05) is 19.1 Å². The van der Waals surface area contributed by atoms with Gasteiger partial charge in [0, 0.05) is 26.2 Å². The van der Waals surface area contributed by atoms with E-state index >= 15 is 0 Å². The van der Waals surface area contributed by atoms with Gasteiger partial charge < -0.3 is 9.80 Å². The van der Waals surface area contributed by atoms with E-state index in [0.29, 0.717) is 5.69 Å². The van der Waals surface area contributed by atoms with Crippen LogP contribution in [0.2, 0.25) is 0 Å². The van der Waals surface area contributed by atoms with E-state index < -0.39 is 0 Å². The van der Waals surface area contributed by atoms with Crippen molar-refractivity contribution in [2.75, 3.05) is 38.1 Å². The van der Waals surface area contributed by atoms with Crippen LogP contribution >= 0.6 is 0 Å². The number of rotatable bonds is 2. The van der Waals surface area contributed by atoms with Gasteiger partial charge in [0.25, 0.3) is 0 Å². The number of hydrogen-bond acceptors (Lipinski definition) is 2. The molecule has 2 rings (SSSR count). The Morgan fingerprint density at radius 1 is 1.24 bits per heavy atom. The predicted octanol–water partition coefficient (Wildman–Crippen LogP) is 2.61. The third-order valence-corrected chi connectivity index (χ3v) is 3.28. The predicted molar refractivity (Wildman–Crippen MR) is 70.8 cm³/mol. The molecule has 0 bridgehead atoms. The van der Waals surface area contributed by atoms with E-state index in [0.717, 1.165) is 37.3 Å². The van der Waals surface area contributed by atoms with Crippen molar-refractivity contribution in [2.45, 2.75) is 6.92 Å². The summed E-state index contributed by atoms with van der Waals surface area (Å²) in [5.74, 6) is -0.143. The second-order valence-electron chi connectivity index (χ2n) is 4.74. The Morgan fingerprint density at radius 2 is 1.88 bits per heavy atom. The Hall–Kier alpha value is -1.35. The zero-order chi connectivity index (χ0) is 12.4. The van der Waals surface area contributed by atoms with Gasteiger partial charge in [0.15, 0.2) is 0 Å². The monoisotopic (exact) mass is 234 g/mol. The average Bonchev–Trinajstić information content (AvgIpc) is 2.30. The Bertz CT molecular complexity index is 420. The average molecular weight is 234 g/mol. The zero-order valence-corrected chi connectivity index (χ0v) is 10.5. The first-order valence-corrected chi connectivity index (χ1v) is 5.97. The minimum Gasteiger partial charge on any atom is -0.367 e. The van der Waals surface area contributed by atoms with Gasteiger partial charge in [-0.3, -0.25) is 0 Å². The highest BCUT2D eigenvalue weighted by Gasteiger charge is 2.17. The summed E-state index contributed by atoms with van der Waals surface area (Å²) in [5.41, 5.74) is 2.48. The lowest BCUT2D eigenvalue weighted by Crippen LogP contribution is -2.44. The Labute approximate surface area is 102 Å². The lowest BCUT2D eigenvalue weighted by atomic mass is 10.1. The van der Waals surface area contributed by atoms with Gasteiger partial charge in [-0.15, -0.1) is 0 Å². The van der Waals surface area contributed by atoms with Crippen LogP contribution in [0.5, 0.6) is 0 Å². The Kier molecular flexibility index (Phi) is 3.48. The first-order chi connectivity index (χ1) is 8.08. The summed E-state index contributed by atoms with van der Waals surface area (Å²) in [6, 6.07) is 5.39. The minimum absolute atomic E-state index is 0.143. The molecule has 3 heteroatoms. The molecule has 1 saturated heterocycles. The number of benzene rings is 1. The molecule has 1 fully saturated rings. The molecule has 92 valence electrons. The minimum atomic E-state index is -0.143. The van der Waals surface area contributed by atoms with Gasteiger partial charge in [0.05, 0.1) is 5.69 Å². The Morgan fingerprint density at radius 3 is 2.41 bits per heavy atom. The van der Waals surface area contributed by atoms with Gasteiger partial charge >= 0.3 is 0 Å². The molecule has 0 unspecified atom stereocenters. The van der Waals surface area contributed by atoms with Crippen LogP contribution in [0.3, 0.4) is 0 Å². The van der Waals surface area contributed by atoms with Gasteiger partial charge in [-0.1, -0.05) is 18.2 Å². The molecule has 0 aliphatic carbocycles. The van der Waals surface area contributed by atoms with Gasteiger partial charge in [0.1, 0.15) is 5.82 Å². The highest BCUT2D eigenvalue weighted by atomic mass is 19.1. The summed E-state index contributed by atoms with van der Waals surface area (Å²) in [6.45, 7) is 9.48. The molecule has 17 heavy (non-hydrogen) atoms. The first-order valence-electron chi connectivity index (χ1n) is 5.97. The molecule has 0 aromatic heterocycles. The molecule has 2 nitrogen and oxygen atoms in total. The van der Waals surface area contributed by atoms with Crippen LogP contribution < -0.4 is 4.90 Å². The van der Waals surface area contributed by atoms with E-state index in [-0.39, 0.29) is 5.82 Å². The van der Waals surface area contributed by atoms with Crippen molar-refractivity contribution in [2.24, 2.45) is 0 Å². The summed E-state index contributed by atoms with van der Waals surface area (Å²) >= 11 is 0. The molecule has 1 aromatic carbocycles. The van der Waals surface area contributed by atoms with Crippen LogP contribution in [0.15, 0.2) is 24.8 Å². The normalized spacial score (nSPS) is 17.2. The maximum absolute atomic E-state index is 14.0. The second kappa shape index (κ2) is 4.88. The summed E-state index contributed by atoms with van der Waals surface area (Å²) in [4.78, 5) is 4.37. The Balaban J connectivity index is 2.19. The standard InChI is InChI=1S/C14H19FN2/c1-11(2)12-4-5-14(13(15)10-12)17-8-6-16(3)7-9-17/h4-5,10H,1,6-9H2,2-3H3. The van der Waals surface area contributed by atoms with Gasteiger partial charge in [-0.2, -0.15) is 0 Å². The zero-order valence-electron chi connectivity index (χ0n) is 10.5. The molecule has 0 N–H and O–H groups in total. The van der Waals surface area contributed by atoms with E-state index in [2.05, 4.69) is 23.4 Å². The van der Waals surface area contributed by atoms with E-state index in [1.54, 1.807) is 6.07 Å². The van der Waals surface area contributed by atoms with Crippen molar-refractivity contribution in [3.63, 3.8) is 0 Å². The molecular weight excluding hydrogens is 215 g/mol. The van der Waals surface area contributed by atoms with Crippen LogP contribution in [0, 0.1) is 5.82 Å². The number of hydrogen-bond donors (Lipinski definition) is 0. The van der Waals surface area contributed by atoms with Crippen molar-refractivity contribution in [3.8, 4) is 0 Å². The fourth-order valence-electron chi connectivity index (χ4n) is 2.08. The van der Waals surface area contributed by atoms with Crippen molar-refractivity contribution in [1.29, 1.82) is 0 Å². The molecule has 1 aromatic rings. The molecule has 0 spiro atoms. The molecule has 1 aliphatic rings. The van der Waals surface area contributed by atoms with E-state index in [4.69, 9.17) is 0 Å². The summed E-state index contributed by atoms with van der Waals surface area (Å²) in [6.07, 6.45) is 0. The van der Waals surface area contributed by atoms with Crippen molar-refractivity contribution in [3.05, 3.63) is 36.2 Å². The number of nitrogens with zero attached hydrogens (tertiary/aromatic N) is 2. The van der Waals surface area contributed by atoms with Crippen LogP contribution in [0.4, 0.5) is 10.1 Å². The molecular formula is C14H19FN2. The number of piperazine rings is 1. The van der Waals surface area contributed by atoms with Crippen LogP contribution in [-0.2, 0) is 0 Å². The first kappa shape index (κ1) is 12.1. The highest BCUT2D eigenvalue weighted by molar-refractivity contribution is 5.64. The largest absolute Gasteiger partial charge is 0.367 e. The third-order valence-electron chi connectivity index (χ3n) is 3.28. The smallest absolute Gasteiger partial charge is 0.147 e. The van der Waals surface area contributed by atoms with E-state index in [9.17, 15) is 4.39 Å². The summed E-state index contributed by atoms with van der Waals surface area (Å²) < 4.78 is 14.0. The van der Waals surface area contributed by atoms with Gasteiger partial charge in [-0.05, 0) is 31.7 Å². The van der Waals surface area contributed by atoms with Gasteiger partial charge in [0.2, 0.25) is 0 Å². The van der Waals surface area contributed by atoms with Crippen LogP contribution in [-0.4, -0.2) is 38.1 Å². The third kappa shape index (κ3) is 2.67. The van der Waals surface area contributed by atoms with Crippen molar-refractivity contribution >= 4 is 11.3 Å². The summed E-state index contributed by atoms with van der Waals surface area (Å²) in [7, 11) is 2.10. The van der Waals surface area contributed by atoms with Crippen LogP contribution in [0.25, 0.3) is 5.57 Å². The topological polar surface area (TPSA) is 6.48 Å². The quantitative estimate of drug-likeness (QED) is 0.776. The number of likely N-dealkylation sites (N-methyl/N-ethyl adjacent to an activating group) is 1. The second-order valence-corrected chi connectivity index (χ2v) is 4.74. The molecule has 0 radical (unpaired) electrons. The fourth-order valence-corrected chi connectivity index (χ4v) is 2.08. The lowest BCUT2D eigenvalue weighted by molar-refractivity contribution is 0.311. The molecule has 0 amide bonds. The SMILES string of the molecule is C=C(C)c1ccc(N2CCN(C)CC2)c(F)c1. The van der Waals surface area contributed by atoms with Crippen molar-refractivity contribution in [1.82, 2.24) is 4.90 Å². The number of allylic oxidation sites excluding steroid dienone is 1. The van der Waals surface area contributed by atoms with E-state index in [1.165, 1.54) is 0 Å². The molecule has 1 heterocycles. The highest BCUT2D eigenvalue weighted by Crippen LogP contribution is 2.24. The lowest BCUT2D eigenvalue weighted by Gasteiger charge is -2.34. The number of anilines is 1.